The van der Waals surface area contributed by atoms with Gasteiger partial charge in [0.05, 0.1) is 38.6 Å². The second-order valence-corrected chi connectivity index (χ2v) is 29.6. The summed E-state index contributed by atoms with van der Waals surface area (Å²) in [5.41, 5.74) is 0. The number of ether oxygens (including phenoxy) is 6. The summed E-state index contributed by atoms with van der Waals surface area (Å²) in [5, 5.41) is 121. The van der Waals surface area contributed by atoms with Crippen molar-refractivity contribution >= 4 is 5.91 Å². The fourth-order valence-electron chi connectivity index (χ4n) is 14.0. The molecule has 17 unspecified atom stereocenters. The maximum absolute atomic E-state index is 13.5. The fraction of sp³-hybridized carbons (Fsp3) is 0.890. The Bertz CT molecular complexity index is 2010. The Hall–Kier alpha value is -2.25. The van der Waals surface area contributed by atoms with Gasteiger partial charge < -0.3 is 89.9 Å². The van der Waals surface area contributed by atoms with Crippen LogP contribution >= 0.6 is 0 Å². The molecule has 0 aliphatic carbocycles. The van der Waals surface area contributed by atoms with Crippen molar-refractivity contribution in [3.05, 3.63) is 48.6 Å². The fourth-order valence-corrected chi connectivity index (χ4v) is 14.0. The molecule has 3 aliphatic heterocycles. The molecule has 0 aromatic carbocycles. The minimum absolute atomic E-state index is 0.246. The van der Waals surface area contributed by atoms with Gasteiger partial charge in [-0.15, -0.1) is 0 Å². The number of amides is 1. The molecule has 0 radical (unpaired) electrons. The van der Waals surface area contributed by atoms with E-state index in [2.05, 4.69) is 55.6 Å². The van der Waals surface area contributed by atoms with Gasteiger partial charge in [-0.05, 0) is 57.8 Å². The van der Waals surface area contributed by atoms with Crippen molar-refractivity contribution < 1.29 is 89.4 Å². The van der Waals surface area contributed by atoms with Crippen LogP contribution in [0.4, 0.5) is 0 Å². The number of unbranched alkanes of at least 4 members (excludes halogenated alkanes) is 44. The van der Waals surface area contributed by atoms with Crippen LogP contribution in [0.5, 0.6) is 0 Å². The number of rotatable bonds is 66. The predicted octanol–water partition coefficient (Wildman–Crippen LogP) is 14.1. The third-order valence-corrected chi connectivity index (χ3v) is 20.6. The van der Waals surface area contributed by atoms with Gasteiger partial charge in [0.1, 0.15) is 73.2 Å². The maximum Gasteiger partial charge on any atom is 0.220 e. The highest BCUT2D eigenvalue weighted by Crippen LogP contribution is 2.33. The van der Waals surface area contributed by atoms with E-state index < -0.39 is 124 Å². The molecule has 3 rings (SSSR count). The zero-order valence-electron chi connectivity index (χ0n) is 63.4. The van der Waals surface area contributed by atoms with Gasteiger partial charge in [0.2, 0.25) is 5.91 Å². The molecule has 101 heavy (non-hydrogen) atoms. The highest BCUT2D eigenvalue weighted by atomic mass is 16.8. The predicted molar refractivity (Wildman–Crippen MR) is 402 cm³/mol. The highest BCUT2D eigenvalue weighted by Gasteiger charge is 2.54. The first-order valence-corrected chi connectivity index (χ1v) is 41.4. The Balaban J connectivity index is 1.34. The third kappa shape index (κ3) is 42.8. The highest BCUT2D eigenvalue weighted by molar-refractivity contribution is 5.76. The molecule has 3 heterocycles. The normalized spacial score (nSPS) is 26.5. The summed E-state index contributed by atoms with van der Waals surface area (Å²) in [4.78, 5) is 13.5. The maximum atomic E-state index is 13.5. The van der Waals surface area contributed by atoms with E-state index in [0.717, 1.165) is 57.8 Å². The van der Waals surface area contributed by atoms with Gasteiger partial charge in [-0.2, -0.15) is 0 Å². The van der Waals surface area contributed by atoms with Gasteiger partial charge in [-0.3, -0.25) is 4.79 Å². The van der Waals surface area contributed by atoms with E-state index in [1.54, 1.807) is 6.08 Å². The van der Waals surface area contributed by atoms with Crippen molar-refractivity contribution in [2.75, 3.05) is 26.4 Å². The molecular formula is C82H151NO18. The lowest BCUT2D eigenvalue weighted by Crippen LogP contribution is -2.66. The van der Waals surface area contributed by atoms with Crippen LogP contribution < -0.4 is 5.32 Å². The Labute approximate surface area is 612 Å². The molecule has 0 bridgehead atoms. The van der Waals surface area contributed by atoms with Crippen LogP contribution in [0, 0.1) is 0 Å². The molecule has 12 N–H and O–H groups in total. The first-order chi connectivity index (χ1) is 49.3. The second-order valence-electron chi connectivity index (χ2n) is 29.6. The summed E-state index contributed by atoms with van der Waals surface area (Å²) in [6.45, 7) is 1.77. The third-order valence-electron chi connectivity index (χ3n) is 20.6. The molecule has 0 saturated carbocycles. The van der Waals surface area contributed by atoms with Crippen LogP contribution in [-0.4, -0.2) is 193 Å². The Morgan fingerprint density at radius 1 is 0.356 bits per heavy atom. The second kappa shape index (κ2) is 62.8. The van der Waals surface area contributed by atoms with Gasteiger partial charge in [-0.1, -0.05) is 319 Å². The number of aliphatic hydroxyl groups excluding tert-OH is 11. The van der Waals surface area contributed by atoms with Gasteiger partial charge in [0, 0.05) is 6.42 Å². The molecule has 3 saturated heterocycles. The van der Waals surface area contributed by atoms with Gasteiger partial charge in [0.25, 0.3) is 0 Å². The summed E-state index contributed by atoms with van der Waals surface area (Å²) in [6, 6.07) is -0.974. The Kier molecular flexibility index (Phi) is 57.8. The molecule has 3 aliphatic rings. The van der Waals surface area contributed by atoms with Crippen LogP contribution in [-0.2, 0) is 33.2 Å². The Morgan fingerprint density at radius 3 is 1.02 bits per heavy atom. The van der Waals surface area contributed by atoms with E-state index in [1.165, 1.54) is 250 Å². The van der Waals surface area contributed by atoms with E-state index in [1.807, 2.05) is 6.08 Å². The molecule has 19 heteroatoms. The Morgan fingerprint density at radius 2 is 0.653 bits per heavy atom. The lowest BCUT2D eigenvalue weighted by Gasteiger charge is -2.48. The van der Waals surface area contributed by atoms with Crippen LogP contribution in [0.2, 0.25) is 0 Å². The topological polar surface area (TPSA) is 307 Å². The lowest BCUT2D eigenvalue weighted by atomic mass is 9.96. The van der Waals surface area contributed by atoms with Crippen LogP contribution in [0.15, 0.2) is 48.6 Å². The number of nitrogens with one attached hydrogen (secondary N) is 1. The molecule has 592 valence electrons. The molecule has 0 aromatic rings. The van der Waals surface area contributed by atoms with Gasteiger partial charge in [-0.25, -0.2) is 0 Å². The zero-order chi connectivity index (χ0) is 73.2. The standard InChI is InChI=1S/C82H151NO18/c1-3-5-7-9-11-13-15-17-19-21-23-25-26-27-28-29-30-31-32-33-34-35-36-37-38-40-42-44-46-48-50-52-54-56-58-60-70(88)83-65(66(87)59-57-55-53-51-49-47-45-43-41-39-24-22-20-18-16-14-12-10-8-6-4-2)64-96-80-76(94)73(91)78(68(62-85)98-80)101-82-77(95)74(92)79(69(63-86)99-82)100-81-75(93)72(90)71(89)67(61-84)97-81/h15,17,21,23,26-27,57,59,65-69,71-82,84-87,89-95H,3-14,16,18-20,22,24-25,28-56,58,60-64H2,1-2H3,(H,83,88)/b17-15-,23-21-,27-26-,59-57+. The van der Waals surface area contributed by atoms with Gasteiger partial charge in [0.15, 0.2) is 18.9 Å². The minimum atomic E-state index is -1.98. The number of allylic oxidation sites excluding steroid dienone is 7. The van der Waals surface area contributed by atoms with Crippen LogP contribution in [0.3, 0.4) is 0 Å². The smallest absolute Gasteiger partial charge is 0.220 e. The van der Waals surface area contributed by atoms with Crippen molar-refractivity contribution in [2.24, 2.45) is 0 Å². The van der Waals surface area contributed by atoms with Crippen molar-refractivity contribution in [3.8, 4) is 0 Å². The van der Waals surface area contributed by atoms with E-state index in [4.69, 9.17) is 28.4 Å². The summed E-state index contributed by atoms with van der Waals surface area (Å²) in [6.07, 6.45) is 52.4. The lowest BCUT2D eigenvalue weighted by molar-refractivity contribution is -0.379. The van der Waals surface area contributed by atoms with Crippen molar-refractivity contribution in [3.63, 3.8) is 0 Å². The monoisotopic (exact) mass is 1440 g/mol. The summed E-state index contributed by atoms with van der Waals surface area (Å²) >= 11 is 0. The summed E-state index contributed by atoms with van der Waals surface area (Å²) in [5.74, 6) is -0.270. The number of hydrogen-bond acceptors (Lipinski definition) is 18. The van der Waals surface area contributed by atoms with Gasteiger partial charge >= 0.3 is 0 Å². The molecule has 19 nitrogen and oxygen atoms in total. The van der Waals surface area contributed by atoms with E-state index >= 15 is 0 Å². The number of carbonyl (C=O) groups is 1. The van der Waals surface area contributed by atoms with Crippen molar-refractivity contribution in [2.45, 2.75) is 439 Å². The molecular weight excluding hydrogens is 1290 g/mol. The van der Waals surface area contributed by atoms with Crippen LogP contribution in [0.25, 0.3) is 0 Å². The first kappa shape index (κ1) is 93.0. The largest absolute Gasteiger partial charge is 0.394 e. The molecule has 0 spiro atoms. The van der Waals surface area contributed by atoms with E-state index in [0.29, 0.717) is 6.42 Å². The average Bonchev–Trinajstić information content (AvgIpc) is 0.782. The van der Waals surface area contributed by atoms with Crippen molar-refractivity contribution in [1.82, 2.24) is 5.32 Å². The number of aliphatic hydroxyl groups is 11. The minimum Gasteiger partial charge on any atom is -0.394 e. The molecule has 1 amide bonds. The van der Waals surface area contributed by atoms with E-state index in [-0.39, 0.29) is 18.9 Å². The summed E-state index contributed by atoms with van der Waals surface area (Å²) in [7, 11) is 0. The SMILES string of the molecule is CCCCCCC/C=C\C/C=C\C/C=C\CCCCCCCCCCCCCCCCCCCCCCC(=O)NC(COC1OC(CO)C(OC2OC(CO)C(OC3OC(CO)C(O)C(O)C3O)C(O)C2O)C(O)C1O)C(O)/C=C/CCCCCCCCCCCCCCCCCCCCC. The molecule has 3 fully saturated rings. The van der Waals surface area contributed by atoms with Crippen LogP contribution in [0.1, 0.15) is 335 Å². The number of hydrogen-bond donors (Lipinski definition) is 12. The first-order valence-electron chi connectivity index (χ1n) is 41.4. The molecule has 0 aromatic heterocycles. The average molecular weight is 1440 g/mol. The number of carbonyl (C=O) groups excluding carboxylic acids is 1. The van der Waals surface area contributed by atoms with E-state index in [9.17, 15) is 61.0 Å². The van der Waals surface area contributed by atoms with Crippen molar-refractivity contribution in [1.29, 1.82) is 0 Å². The summed E-state index contributed by atoms with van der Waals surface area (Å²) < 4.78 is 34.5. The zero-order valence-corrected chi connectivity index (χ0v) is 63.4. The molecule has 17 atom stereocenters. The quantitative estimate of drug-likeness (QED) is 0.0199.